The summed E-state index contributed by atoms with van der Waals surface area (Å²) in [5.74, 6) is -3.63. The van der Waals surface area contributed by atoms with Crippen LogP contribution in [-0.2, 0) is 6.54 Å². The molecule has 0 spiro atoms. The second kappa shape index (κ2) is 5.65. The van der Waals surface area contributed by atoms with E-state index in [0.29, 0.717) is 10.0 Å². The van der Waals surface area contributed by atoms with Crippen molar-refractivity contribution in [3.05, 3.63) is 34.1 Å². The molecular weight excluding hydrogens is 287 g/mol. The highest BCUT2D eigenvalue weighted by atomic mass is 79.9. The van der Waals surface area contributed by atoms with Crippen LogP contribution in [0.15, 0.2) is 22.7 Å². The maximum Gasteiger partial charge on any atom is 0.282 e. The first-order valence-corrected chi connectivity index (χ1v) is 5.37. The Morgan fingerprint density at radius 2 is 2.06 bits per heavy atom. The lowest BCUT2D eigenvalue weighted by atomic mass is 10.2. The van der Waals surface area contributed by atoms with Crippen LogP contribution >= 0.6 is 15.9 Å². The molecule has 0 aromatic heterocycles. The van der Waals surface area contributed by atoms with Crippen molar-refractivity contribution in [3.63, 3.8) is 0 Å². The van der Waals surface area contributed by atoms with Crippen LogP contribution in [0.4, 0.5) is 13.2 Å². The molecule has 0 saturated heterocycles. The van der Waals surface area contributed by atoms with Crippen LogP contribution in [0.3, 0.4) is 0 Å². The third-order valence-electron chi connectivity index (χ3n) is 1.94. The zero-order chi connectivity index (χ0) is 12.2. The summed E-state index contributed by atoms with van der Waals surface area (Å²) in [7, 11) is 0. The van der Waals surface area contributed by atoms with Crippen molar-refractivity contribution in [3.8, 4) is 0 Å². The van der Waals surface area contributed by atoms with Gasteiger partial charge in [-0.05, 0) is 18.2 Å². The Bertz CT molecular complexity index is 360. The Morgan fingerprint density at radius 3 is 2.69 bits per heavy atom. The first-order chi connectivity index (χ1) is 7.44. The van der Waals surface area contributed by atoms with Crippen LogP contribution in [0.2, 0.25) is 0 Å². The van der Waals surface area contributed by atoms with Crippen molar-refractivity contribution in [1.29, 1.82) is 0 Å². The van der Waals surface area contributed by atoms with E-state index in [1.165, 1.54) is 18.2 Å². The zero-order valence-electron chi connectivity index (χ0n) is 8.31. The normalized spacial score (nSPS) is 11.8. The zero-order valence-corrected chi connectivity index (χ0v) is 9.90. The van der Waals surface area contributed by atoms with E-state index >= 15 is 0 Å². The third-order valence-corrected chi connectivity index (χ3v) is 2.43. The second-order valence-electron chi connectivity index (χ2n) is 3.35. The fourth-order valence-corrected chi connectivity index (χ4v) is 1.52. The van der Waals surface area contributed by atoms with E-state index in [4.69, 9.17) is 5.11 Å². The Kier molecular flexibility index (Phi) is 4.76. The highest BCUT2D eigenvalue weighted by Crippen LogP contribution is 2.16. The maximum atomic E-state index is 13.2. The molecule has 0 unspecified atom stereocenters. The Hall–Kier alpha value is -0.590. The molecule has 0 radical (unpaired) electrons. The number of alkyl halides is 2. The van der Waals surface area contributed by atoms with Crippen LogP contribution in [0.25, 0.3) is 0 Å². The van der Waals surface area contributed by atoms with Crippen molar-refractivity contribution >= 4 is 15.9 Å². The van der Waals surface area contributed by atoms with Crippen molar-refractivity contribution in [2.75, 3.05) is 13.2 Å². The molecular formula is C10H11BrF3NO. The van der Waals surface area contributed by atoms with Gasteiger partial charge < -0.3 is 10.4 Å². The largest absolute Gasteiger partial charge is 0.390 e. The predicted molar refractivity (Wildman–Crippen MR) is 57.8 cm³/mol. The molecule has 0 atom stereocenters. The van der Waals surface area contributed by atoms with Gasteiger partial charge in [0.1, 0.15) is 12.4 Å². The molecule has 1 aromatic rings. The SMILES string of the molecule is OCC(F)(F)CNCc1cc(Br)ccc1F. The molecule has 1 rings (SSSR count). The summed E-state index contributed by atoms with van der Waals surface area (Å²) in [6.07, 6.45) is 0. The molecule has 0 aliphatic carbocycles. The molecule has 0 heterocycles. The number of rotatable bonds is 5. The minimum absolute atomic E-state index is 0.0130. The van der Waals surface area contributed by atoms with Crippen molar-refractivity contribution < 1.29 is 18.3 Å². The molecule has 0 aliphatic rings. The van der Waals surface area contributed by atoms with Gasteiger partial charge in [-0.2, -0.15) is 0 Å². The molecule has 6 heteroatoms. The quantitative estimate of drug-likeness (QED) is 0.874. The summed E-state index contributed by atoms with van der Waals surface area (Å²) >= 11 is 3.16. The fourth-order valence-electron chi connectivity index (χ4n) is 1.11. The minimum Gasteiger partial charge on any atom is -0.390 e. The monoisotopic (exact) mass is 297 g/mol. The van der Waals surface area contributed by atoms with Crippen LogP contribution in [0.5, 0.6) is 0 Å². The van der Waals surface area contributed by atoms with Gasteiger partial charge in [-0.15, -0.1) is 0 Å². The smallest absolute Gasteiger partial charge is 0.282 e. The minimum atomic E-state index is -3.18. The average Bonchev–Trinajstić information content (AvgIpc) is 2.23. The lowest BCUT2D eigenvalue weighted by Gasteiger charge is -2.14. The summed E-state index contributed by atoms with van der Waals surface area (Å²) in [4.78, 5) is 0. The molecule has 2 N–H and O–H groups in total. The molecule has 1 aromatic carbocycles. The van der Waals surface area contributed by atoms with E-state index in [0.717, 1.165) is 0 Å². The molecule has 0 amide bonds. The van der Waals surface area contributed by atoms with Crippen LogP contribution in [-0.4, -0.2) is 24.2 Å². The fraction of sp³-hybridized carbons (Fsp3) is 0.400. The predicted octanol–water partition coefficient (Wildman–Crippen LogP) is 2.31. The summed E-state index contributed by atoms with van der Waals surface area (Å²) in [5, 5.41) is 10.7. The number of hydrogen-bond acceptors (Lipinski definition) is 2. The van der Waals surface area contributed by atoms with Gasteiger partial charge in [0.2, 0.25) is 0 Å². The standard InChI is InChI=1S/C10H11BrF3NO/c11-8-1-2-9(12)7(3-8)4-15-5-10(13,14)6-16/h1-3,15-16H,4-6H2. The molecule has 2 nitrogen and oxygen atoms in total. The van der Waals surface area contributed by atoms with Gasteiger partial charge in [0.05, 0.1) is 6.54 Å². The topological polar surface area (TPSA) is 32.3 Å². The lowest BCUT2D eigenvalue weighted by Crippen LogP contribution is -2.35. The molecule has 0 aliphatic heterocycles. The number of benzene rings is 1. The summed E-state index contributed by atoms with van der Waals surface area (Å²) in [5.41, 5.74) is 0.295. The molecule has 0 bridgehead atoms. The molecule has 90 valence electrons. The van der Waals surface area contributed by atoms with E-state index < -0.39 is 24.9 Å². The third kappa shape index (κ3) is 4.11. The summed E-state index contributed by atoms with van der Waals surface area (Å²) in [6.45, 7) is -1.92. The Balaban J connectivity index is 2.52. The van der Waals surface area contributed by atoms with E-state index in [2.05, 4.69) is 21.2 Å². The van der Waals surface area contributed by atoms with Gasteiger partial charge in [0.15, 0.2) is 0 Å². The average molecular weight is 298 g/mol. The maximum absolute atomic E-state index is 13.2. The number of aliphatic hydroxyl groups excluding tert-OH is 1. The van der Waals surface area contributed by atoms with Crippen LogP contribution in [0, 0.1) is 5.82 Å². The summed E-state index contributed by atoms with van der Waals surface area (Å²) < 4.78 is 39.1. The van der Waals surface area contributed by atoms with Crippen molar-refractivity contribution in [1.82, 2.24) is 5.32 Å². The Morgan fingerprint density at radius 1 is 1.38 bits per heavy atom. The van der Waals surface area contributed by atoms with E-state index in [1.54, 1.807) is 0 Å². The number of halogens is 4. The number of nitrogens with one attached hydrogen (secondary N) is 1. The molecule has 16 heavy (non-hydrogen) atoms. The first kappa shape index (κ1) is 13.5. The van der Waals surface area contributed by atoms with Crippen LogP contribution < -0.4 is 5.32 Å². The molecule has 0 fully saturated rings. The van der Waals surface area contributed by atoms with Crippen LogP contribution in [0.1, 0.15) is 5.56 Å². The van der Waals surface area contributed by atoms with Gasteiger partial charge in [-0.25, -0.2) is 13.2 Å². The van der Waals surface area contributed by atoms with E-state index in [-0.39, 0.29) is 6.54 Å². The Labute approximate surface area is 99.6 Å². The number of hydrogen-bond donors (Lipinski definition) is 2. The first-order valence-electron chi connectivity index (χ1n) is 4.58. The second-order valence-corrected chi connectivity index (χ2v) is 4.27. The van der Waals surface area contributed by atoms with Crippen molar-refractivity contribution in [2.45, 2.75) is 12.5 Å². The summed E-state index contributed by atoms with van der Waals surface area (Å²) in [6, 6.07) is 4.30. The van der Waals surface area contributed by atoms with Crippen molar-refractivity contribution in [2.24, 2.45) is 0 Å². The van der Waals surface area contributed by atoms with Gasteiger partial charge in [0, 0.05) is 16.6 Å². The van der Waals surface area contributed by atoms with E-state index in [1.807, 2.05) is 0 Å². The lowest BCUT2D eigenvalue weighted by molar-refractivity contribution is -0.0478. The van der Waals surface area contributed by atoms with Gasteiger partial charge in [-0.1, -0.05) is 15.9 Å². The highest BCUT2D eigenvalue weighted by Gasteiger charge is 2.26. The van der Waals surface area contributed by atoms with Gasteiger partial charge in [-0.3, -0.25) is 0 Å². The van der Waals surface area contributed by atoms with Gasteiger partial charge >= 0.3 is 0 Å². The highest BCUT2D eigenvalue weighted by molar-refractivity contribution is 9.10. The van der Waals surface area contributed by atoms with Gasteiger partial charge in [0.25, 0.3) is 5.92 Å². The number of aliphatic hydroxyl groups is 1. The van der Waals surface area contributed by atoms with E-state index in [9.17, 15) is 13.2 Å². The molecule has 0 saturated carbocycles.